The Hall–Kier alpha value is -1.53. The van der Waals surface area contributed by atoms with E-state index in [1.807, 2.05) is 33.0 Å². The highest BCUT2D eigenvalue weighted by Crippen LogP contribution is 2.24. The van der Waals surface area contributed by atoms with Crippen molar-refractivity contribution in [1.29, 1.82) is 0 Å². The predicted octanol–water partition coefficient (Wildman–Crippen LogP) is 0.768. The van der Waals surface area contributed by atoms with E-state index in [-0.39, 0.29) is 5.91 Å². The van der Waals surface area contributed by atoms with Crippen molar-refractivity contribution in [3.63, 3.8) is 0 Å². The highest BCUT2D eigenvalue weighted by molar-refractivity contribution is 7.80. The van der Waals surface area contributed by atoms with Crippen molar-refractivity contribution in [3.05, 3.63) is 29.6 Å². The van der Waals surface area contributed by atoms with Crippen molar-refractivity contribution >= 4 is 23.1 Å². The summed E-state index contributed by atoms with van der Waals surface area (Å²) in [6.07, 6.45) is 1.68. The molecule has 108 valence electrons. The number of carbonyl (C=O) groups excluding carboxylic acids is 1. The zero-order valence-electron chi connectivity index (χ0n) is 12.1. The summed E-state index contributed by atoms with van der Waals surface area (Å²) in [5.74, 6) is 0.129. The lowest BCUT2D eigenvalue weighted by molar-refractivity contribution is -0.147. The Morgan fingerprint density at radius 3 is 2.85 bits per heavy atom. The lowest BCUT2D eigenvalue weighted by atomic mass is 9.96. The Morgan fingerprint density at radius 1 is 1.50 bits per heavy atom. The lowest BCUT2D eigenvalue weighted by Gasteiger charge is -2.44. The standard InChI is InChI=1S/C14H20N4OS/c1-14(2)13(19)17(3)7-8-18(14)9-10-5-4-6-16-11(10)12(15)20/h4-6H,7-9H2,1-3H3,(H2,15,20). The molecule has 2 N–H and O–H groups in total. The molecule has 5 nitrogen and oxygen atoms in total. The molecule has 6 heteroatoms. The minimum absolute atomic E-state index is 0.129. The van der Waals surface area contributed by atoms with Gasteiger partial charge in [-0.15, -0.1) is 0 Å². The average molecular weight is 292 g/mol. The molecule has 20 heavy (non-hydrogen) atoms. The number of aromatic nitrogens is 1. The summed E-state index contributed by atoms with van der Waals surface area (Å²) in [6.45, 7) is 6.06. The van der Waals surface area contributed by atoms with E-state index in [1.54, 1.807) is 11.1 Å². The maximum atomic E-state index is 12.3. The molecule has 0 radical (unpaired) electrons. The molecule has 0 aromatic carbocycles. The summed E-state index contributed by atoms with van der Waals surface area (Å²) in [6, 6.07) is 3.82. The number of pyridine rings is 1. The molecule has 2 rings (SSSR count). The maximum absolute atomic E-state index is 12.3. The molecule has 1 aliphatic heterocycles. The van der Waals surface area contributed by atoms with Gasteiger partial charge in [0.05, 0.1) is 5.54 Å². The van der Waals surface area contributed by atoms with Crippen LogP contribution in [0.2, 0.25) is 0 Å². The summed E-state index contributed by atoms with van der Waals surface area (Å²) in [5, 5.41) is 0. The van der Waals surface area contributed by atoms with Gasteiger partial charge in [0.1, 0.15) is 10.7 Å². The molecular formula is C14H20N4OS. The van der Waals surface area contributed by atoms with Gasteiger partial charge in [-0.3, -0.25) is 14.7 Å². The van der Waals surface area contributed by atoms with E-state index in [0.29, 0.717) is 17.2 Å². The van der Waals surface area contributed by atoms with Crippen LogP contribution in [0.5, 0.6) is 0 Å². The zero-order chi connectivity index (χ0) is 14.9. The lowest BCUT2D eigenvalue weighted by Crippen LogP contribution is -2.61. The van der Waals surface area contributed by atoms with Crippen LogP contribution in [0.4, 0.5) is 0 Å². The highest BCUT2D eigenvalue weighted by atomic mass is 32.1. The van der Waals surface area contributed by atoms with Gasteiger partial charge in [0, 0.05) is 32.9 Å². The molecule has 0 unspecified atom stereocenters. The maximum Gasteiger partial charge on any atom is 0.242 e. The van der Waals surface area contributed by atoms with Crippen molar-refractivity contribution in [3.8, 4) is 0 Å². The quantitative estimate of drug-likeness (QED) is 0.834. The molecule has 1 amide bonds. The second kappa shape index (κ2) is 5.46. The zero-order valence-corrected chi connectivity index (χ0v) is 12.9. The average Bonchev–Trinajstić information content (AvgIpc) is 2.40. The van der Waals surface area contributed by atoms with E-state index in [0.717, 1.165) is 18.7 Å². The minimum Gasteiger partial charge on any atom is -0.388 e. The Bertz CT molecular complexity index is 544. The molecule has 1 fully saturated rings. The van der Waals surface area contributed by atoms with E-state index in [1.165, 1.54) is 0 Å². The van der Waals surface area contributed by atoms with Crippen LogP contribution in [-0.2, 0) is 11.3 Å². The Labute approximate surface area is 124 Å². The van der Waals surface area contributed by atoms with Crippen LogP contribution in [0.1, 0.15) is 25.1 Å². The highest BCUT2D eigenvalue weighted by Gasteiger charge is 2.40. The Kier molecular flexibility index (Phi) is 4.06. The molecular weight excluding hydrogens is 272 g/mol. The number of hydrogen-bond acceptors (Lipinski definition) is 4. The van der Waals surface area contributed by atoms with E-state index in [9.17, 15) is 4.79 Å². The van der Waals surface area contributed by atoms with E-state index >= 15 is 0 Å². The van der Waals surface area contributed by atoms with Crippen molar-refractivity contribution < 1.29 is 4.79 Å². The fourth-order valence-electron chi connectivity index (χ4n) is 2.52. The number of thiocarbonyl (C=S) groups is 1. The molecule has 1 aliphatic rings. The number of amides is 1. The molecule has 0 saturated carbocycles. The van der Waals surface area contributed by atoms with Gasteiger partial charge in [-0.25, -0.2) is 0 Å². The first-order chi connectivity index (χ1) is 9.34. The fourth-order valence-corrected chi connectivity index (χ4v) is 2.71. The molecule has 0 spiro atoms. The molecule has 1 saturated heterocycles. The van der Waals surface area contributed by atoms with Gasteiger partial charge < -0.3 is 10.6 Å². The van der Waals surface area contributed by atoms with Crippen LogP contribution in [0.15, 0.2) is 18.3 Å². The van der Waals surface area contributed by atoms with Gasteiger partial charge in [-0.1, -0.05) is 18.3 Å². The number of likely N-dealkylation sites (N-methyl/N-ethyl adjacent to an activating group) is 1. The van der Waals surface area contributed by atoms with E-state index in [4.69, 9.17) is 18.0 Å². The third kappa shape index (κ3) is 2.66. The van der Waals surface area contributed by atoms with Crippen molar-refractivity contribution in [2.75, 3.05) is 20.1 Å². The summed E-state index contributed by atoms with van der Waals surface area (Å²) >= 11 is 5.04. The largest absolute Gasteiger partial charge is 0.388 e. The van der Waals surface area contributed by atoms with Gasteiger partial charge in [0.2, 0.25) is 5.91 Å². The van der Waals surface area contributed by atoms with E-state index in [2.05, 4.69) is 9.88 Å². The molecule has 2 heterocycles. The Morgan fingerprint density at radius 2 is 2.20 bits per heavy atom. The summed E-state index contributed by atoms with van der Waals surface area (Å²) in [4.78, 5) is 20.7. The van der Waals surface area contributed by atoms with Gasteiger partial charge >= 0.3 is 0 Å². The summed E-state index contributed by atoms with van der Waals surface area (Å²) in [5.41, 5.74) is 6.79. The smallest absolute Gasteiger partial charge is 0.242 e. The second-order valence-electron chi connectivity index (χ2n) is 5.58. The molecule has 1 aromatic rings. The fraction of sp³-hybridized carbons (Fsp3) is 0.500. The number of carbonyl (C=O) groups is 1. The van der Waals surface area contributed by atoms with E-state index < -0.39 is 5.54 Å². The van der Waals surface area contributed by atoms with Gasteiger partial charge in [0.15, 0.2) is 0 Å². The third-order valence-corrected chi connectivity index (χ3v) is 4.05. The third-order valence-electron chi connectivity index (χ3n) is 3.85. The van der Waals surface area contributed by atoms with Gasteiger partial charge in [0.25, 0.3) is 0 Å². The van der Waals surface area contributed by atoms with Crippen LogP contribution in [0, 0.1) is 0 Å². The van der Waals surface area contributed by atoms with Crippen molar-refractivity contribution in [2.24, 2.45) is 5.73 Å². The van der Waals surface area contributed by atoms with Gasteiger partial charge in [-0.05, 0) is 25.5 Å². The number of nitrogens with two attached hydrogens (primary N) is 1. The first-order valence-corrected chi connectivity index (χ1v) is 6.99. The molecule has 0 atom stereocenters. The van der Waals surface area contributed by atoms with Crippen LogP contribution in [0.3, 0.4) is 0 Å². The molecule has 1 aromatic heterocycles. The SMILES string of the molecule is CN1CCN(Cc2cccnc2C(N)=S)C(C)(C)C1=O. The topological polar surface area (TPSA) is 62.5 Å². The number of nitrogens with zero attached hydrogens (tertiary/aromatic N) is 3. The van der Waals surface area contributed by atoms with Crippen LogP contribution in [-0.4, -0.2) is 51.4 Å². The van der Waals surface area contributed by atoms with Crippen LogP contribution < -0.4 is 5.73 Å². The first kappa shape index (κ1) is 14.9. The monoisotopic (exact) mass is 292 g/mol. The number of piperazine rings is 1. The second-order valence-corrected chi connectivity index (χ2v) is 6.02. The molecule has 0 aliphatic carbocycles. The van der Waals surface area contributed by atoms with Crippen LogP contribution in [0.25, 0.3) is 0 Å². The Balaban J connectivity index is 2.26. The van der Waals surface area contributed by atoms with Gasteiger partial charge in [-0.2, -0.15) is 0 Å². The summed E-state index contributed by atoms with van der Waals surface area (Å²) < 4.78 is 0. The normalized spacial score (nSPS) is 19.1. The number of rotatable bonds is 3. The number of hydrogen-bond donors (Lipinski definition) is 1. The molecule has 0 bridgehead atoms. The summed E-state index contributed by atoms with van der Waals surface area (Å²) in [7, 11) is 1.84. The van der Waals surface area contributed by atoms with Crippen molar-refractivity contribution in [2.45, 2.75) is 25.9 Å². The minimum atomic E-state index is -0.531. The predicted molar refractivity (Wildman–Crippen MR) is 82.3 cm³/mol. The van der Waals surface area contributed by atoms with Crippen LogP contribution >= 0.6 is 12.2 Å². The first-order valence-electron chi connectivity index (χ1n) is 6.58. The van der Waals surface area contributed by atoms with Crippen molar-refractivity contribution in [1.82, 2.24) is 14.8 Å².